The van der Waals surface area contributed by atoms with Crippen molar-refractivity contribution in [3.8, 4) is 5.75 Å². The minimum Gasteiger partial charge on any atom is -0.497 e. The maximum absolute atomic E-state index is 13.6. The lowest BCUT2D eigenvalue weighted by atomic mass is 9.98. The number of benzene rings is 1. The van der Waals surface area contributed by atoms with Crippen molar-refractivity contribution >= 4 is 11.8 Å². The van der Waals surface area contributed by atoms with Crippen molar-refractivity contribution in [2.24, 2.45) is 0 Å². The van der Waals surface area contributed by atoms with E-state index in [1.807, 2.05) is 24.3 Å². The van der Waals surface area contributed by atoms with E-state index in [1.165, 1.54) is 12.5 Å². The average molecular weight is 478 g/mol. The van der Waals surface area contributed by atoms with E-state index in [0.717, 1.165) is 31.2 Å². The molecule has 1 atom stereocenters. The first kappa shape index (κ1) is 24.3. The van der Waals surface area contributed by atoms with Gasteiger partial charge in [0.2, 0.25) is 5.43 Å². The van der Waals surface area contributed by atoms with Crippen LogP contribution < -0.4 is 15.5 Å². The molecule has 4 rings (SSSR count). The van der Waals surface area contributed by atoms with Crippen molar-refractivity contribution < 1.29 is 18.7 Å². The number of hydrogen-bond acceptors (Lipinski definition) is 5. The molecule has 8 heteroatoms. The minimum absolute atomic E-state index is 0.0129. The molecular weight excluding hydrogens is 446 g/mol. The zero-order valence-corrected chi connectivity index (χ0v) is 20.2. The molecule has 1 N–H and O–H groups in total. The number of pyridine rings is 1. The predicted molar refractivity (Wildman–Crippen MR) is 132 cm³/mol. The largest absolute Gasteiger partial charge is 0.497 e. The summed E-state index contributed by atoms with van der Waals surface area (Å²) in [5, 5.41) is 2.73. The van der Waals surface area contributed by atoms with Crippen LogP contribution in [0.2, 0.25) is 0 Å². The van der Waals surface area contributed by atoms with Crippen molar-refractivity contribution in [3.05, 3.63) is 87.7 Å². The summed E-state index contributed by atoms with van der Waals surface area (Å²) in [6.07, 6.45) is 8.31. The van der Waals surface area contributed by atoms with Gasteiger partial charge in [0.25, 0.3) is 11.8 Å². The monoisotopic (exact) mass is 477 g/mol. The van der Waals surface area contributed by atoms with Gasteiger partial charge in [0.15, 0.2) is 0 Å². The molecule has 0 aliphatic carbocycles. The van der Waals surface area contributed by atoms with Crippen LogP contribution >= 0.6 is 0 Å². The number of amides is 2. The fraction of sp³-hybridized carbons (Fsp3) is 0.370. The second-order valence-electron chi connectivity index (χ2n) is 8.76. The lowest BCUT2D eigenvalue weighted by molar-refractivity contribution is 0.0605. The summed E-state index contributed by atoms with van der Waals surface area (Å²) < 4.78 is 12.3. The number of methoxy groups -OCH3 is 1. The fourth-order valence-corrected chi connectivity index (χ4v) is 4.54. The SMILES string of the molecule is CC[C@@H]1CCCCN1C(=O)c1cn(Cc2cccc(OC)c2)cc(C(=O)NCc2ccco2)c1=O. The number of hydrogen-bond donors (Lipinski definition) is 1. The van der Waals surface area contributed by atoms with Crippen molar-refractivity contribution in [3.63, 3.8) is 0 Å². The summed E-state index contributed by atoms with van der Waals surface area (Å²) in [5.41, 5.74) is 0.293. The molecule has 0 radical (unpaired) electrons. The lowest BCUT2D eigenvalue weighted by Gasteiger charge is -2.35. The third-order valence-corrected chi connectivity index (χ3v) is 6.42. The van der Waals surface area contributed by atoms with Gasteiger partial charge in [-0.2, -0.15) is 0 Å². The predicted octanol–water partition coefficient (Wildman–Crippen LogP) is 3.83. The Morgan fingerprint density at radius 3 is 2.71 bits per heavy atom. The first-order valence-electron chi connectivity index (χ1n) is 12.0. The van der Waals surface area contributed by atoms with Crippen LogP contribution in [0.1, 0.15) is 64.6 Å². The van der Waals surface area contributed by atoms with Crippen LogP contribution in [0.5, 0.6) is 5.75 Å². The van der Waals surface area contributed by atoms with Crippen molar-refractivity contribution in [2.45, 2.75) is 51.7 Å². The van der Waals surface area contributed by atoms with Crippen LogP contribution in [-0.4, -0.2) is 41.0 Å². The van der Waals surface area contributed by atoms with Crippen molar-refractivity contribution in [1.82, 2.24) is 14.8 Å². The van der Waals surface area contributed by atoms with Crippen LogP contribution in [0.3, 0.4) is 0 Å². The summed E-state index contributed by atoms with van der Waals surface area (Å²) in [7, 11) is 1.60. The van der Waals surface area contributed by atoms with Crippen molar-refractivity contribution in [2.75, 3.05) is 13.7 Å². The Labute approximate surface area is 204 Å². The third kappa shape index (κ3) is 5.65. The second-order valence-corrected chi connectivity index (χ2v) is 8.76. The molecule has 1 aromatic carbocycles. The summed E-state index contributed by atoms with van der Waals surface area (Å²) in [5.74, 6) is 0.407. The van der Waals surface area contributed by atoms with Gasteiger partial charge in [-0.05, 0) is 55.5 Å². The Balaban J connectivity index is 1.69. The Morgan fingerprint density at radius 1 is 1.14 bits per heavy atom. The first-order valence-corrected chi connectivity index (χ1v) is 12.0. The van der Waals surface area contributed by atoms with Crippen LogP contribution in [0.25, 0.3) is 0 Å². The number of aromatic nitrogens is 1. The molecule has 3 aromatic rings. The van der Waals surface area contributed by atoms with Crippen LogP contribution in [0.15, 0.2) is 64.3 Å². The number of piperidine rings is 1. The van der Waals surface area contributed by atoms with E-state index in [2.05, 4.69) is 12.2 Å². The fourth-order valence-electron chi connectivity index (χ4n) is 4.54. The smallest absolute Gasteiger partial charge is 0.259 e. The molecule has 0 bridgehead atoms. The number of carbonyl (C=O) groups excluding carboxylic acids is 2. The Bertz CT molecular complexity index is 1230. The maximum atomic E-state index is 13.6. The summed E-state index contributed by atoms with van der Waals surface area (Å²) in [6, 6.07) is 11.1. The molecule has 0 saturated carbocycles. The average Bonchev–Trinajstić information content (AvgIpc) is 3.41. The number of carbonyl (C=O) groups is 2. The van der Waals surface area contributed by atoms with E-state index in [9.17, 15) is 14.4 Å². The van der Waals surface area contributed by atoms with Crippen molar-refractivity contribution in [1.29, 1.82) is 0 Å². The Hall–Kier alpha value is -3.81. The van der Waals surface area contributed by atoms with E-state index in [-0.39, 0.29) is 29.6 Å². The molecule has 8 nitrogen and oxygen atoms in total. The molecule has 1 aliphatic heterocycles. The molecular formula is C27H31N3O5. The van der Waals surface area contributed by atoms with E-state index in [4.69, 9.17) is 9.15 Å². The van der Waals surface area contributed by atoms with Gasteiger partial charge in [-0.15, -0.1) is 0 Å². The van der Waals surface area contributed by atoms with Crippen LogP contribution in [0.4, 0.5) is 0 Å². The third-order valence-electron chi connectivity index (χ3n) is 6.42. The topological polar surface area (TPSA) is 93.8 Å². The lowest BCUT2D eigenvalue weighted by Crippen LogP contribution is -2.45. The molecule has 1 aliphatic rings. The number of rotatable bonds is 8. The highest BCUT2D eigenvalue weighted by molar-refractivity contribution is 5.99. The summed E-state index contributed by atoms with van der Waals surface area (Å²) in [4.78, 5) is 41.8. The van der Waals surface area contributed by atoms with Gasteiger partial charge < -0.3 is 23.9 Å². The van der Waals surface area contributed by atoms with Gasteiger partial charge in [-0.25, -0.2) is 0 Å². The normalized spacial score (nSPS) is 15.6. The quantitative estimate of drug-likeness (QED) is 0.532. The molecule has 2 aromatic heterocycles. The molecule has 1 saturated heterocycles. The number of furan rings is 1. The van der Waals surface area contributed by atoms with E-state index in [0.29, 0.717) is 24.6 Å². The second kappa shape index (κ2) is 11.1. The van der Waals surface area contributed by atoms with E-state index < -0.39 is 11.3 Å². The zero-order valence-electron chi connectivity index (χ0n) is 20.2. The summed E-state index contributed by atoms with van der Waals surface area (Å²) in [6.45, 7) is 3.17. The molecule has 0 unspecified atom stereocenters. The van der Waals surface area contributed by atoms with Gasteiger partial charge in [-0.1, -0.05) is 19.1 Å². The highest BCUT2D eigenvalue weighted by Gasteiger charge is 2.29. The zero-order chi connectivity index (χ0) is 24.8. The molecule has 35 heavy (non-hydrogen) atoms. The van der Waals surface area contributed by atoms with Gasteiger partial charge >= 0.3 is 0 Å². The van der Waals surface area contributed by atoms with Gasteiger partial charge in [0.1, 0.15) is 22.6 Å². The van der Waals surface area contributed by atoms with Crippen LogP contribution in [-0.2, 0) is 13.1 Å². The molecule has 2 amide bonds. The van der Waals surface area contributed by atoms with E-state index >= 15 is 0 Å². The molecule has 3 heterocycles. The van der Waals surface area contributed by atoms with Gasteiger partial charge in [0, 0.05) is 31.5 Å². The number of likely N-dealkylation sites (tertiary alicyclic amines) is 1. The molecule has 184 valence electrons. The molecule has 1 fully saturated rings. The number of nitrogens with one attached hydrogen (secondary N) is 1. The highest BCUT2D eigenvalue weighted by atomic mass is 16.5. The number of nitrogens with zero attached hydrogens (tertiary/aromatic N) is 2. The highest BCUT2D eigenvalue weighted by Crippen LogP contribution is 2.21. The number of ether oxygens (including phenoxy) is 1. The Kier molecular flexibility index (Phi) is 7.70. The first-order chi connectivity index (χ1) is 17.0. The van der Waals surface area contributed by atoms with Gasteiger partial charge in [0.05, 0.1) is 19.9 Å². The standard InChI is InChI=1S/C27H31N3O5/c1-3-20-9-4-5-12-30(20)27(33)24-18-29(16-19-8-6-10-21(14-19)34-2)17-23(25(24)31)26(32)28-15-22-11-7-13-35-22/h6-8,10-11,13-14,17-18,20H,3-5,9,12,15-16H2,1-2H3,(H,28,32)/t20-/m1/s1. The Morgan fingerprint density at radius 2 is 1.97 bits per heavy atom. The minimum atomic E-state index is -0.561. The van der Waals surface area contributed by atoms with Gasteiger partial charge in [-0.3, -0.25) is 14.4 Å². The molecule has 0 spiro atoms. The maximum Gasteiger partial charge on any atom is 0.259 e. The summed E-state index contributed by atoms with van der Waals surface area (Å²) >= 11 is 0. The van der Waals surface area contributed by atoms with E-state index in [1.54, 1.807) is 34.9 Å². The van der Waals surface area contributed by atoms with Crippen LogP contribution in [0, 0.1) is 0 Å².